The first kappa shape index (κ1) is 19.5. The molecule has 0 aromatic carbocycles. The van der Waals surface area contributed by atoms with Gasteiger partial charge in [-0.05, 0) is 39.3 Å². The van der Waals surface area contributed by atoms with Crippen molar-refractivity contribution in [1.29, 1.82) is 0 Å². The average molecular weight is 370 g/mol. The van der Waals surface area contributed by atoms with Crippen molar-refractivity contribution in [3.05, 3.63) is 17.0 Å². The molecule has 7 nitrogen and oxygen atoms in total. The Balaban J connectivity index is 2.64. The molecule has 0 saturated heterocycles. The molecule has 4 N–H and O–H groups in total. The number of hydrogen-bond acceptors (Lipinski definition) is 6. The van der Waals surface area contributed by atoms with Crippen LogP contribution in [0.2, 0.25) is 0 Å². The van der Waals surface area contributed by atoms with E-state index in [-0.39, 0.29) is 23.1 Å². The molecule has 0 saturated carbocycles. The highest BCUT2D eigenvalue weighted by molar-refractivity contribution is 7.91. The van der Waals surface area contributed by atoms with Gasteiger partial charge in [0.25, 0.3) is 0 Å². The lowest BCUT2D eigenvalue weighted by Crippen LogP contribution is -2.44. The van der Waals surface area contributed by atoms with Gasteiger partial charge in [-0.1, -0.05) is 0 Å². The van der Waals surface area contributed by atoms with Crippen molar-refractivity contribution < 1.29 is 16.8 Å². The molecule has 22 heavy (non-hydrogen) atoms. The summed E-state index contributed by atoms with van der Waals surface area (Å²) in [5, 5.41) is 0. The summed E-state index contributed by atoms with van der Waals surface area (Å²) < 4.78 is 51.9. The van der Waals surface area contributed by atoms with E-state index in [0.717, 1.165) is 16.2 Å². The fraction of sp³-hybridized carbons (Fsp3) is 0.667. The van der Waals surface area contributed by atoms with Gasteiger partial charge in [-0.2, -0.15) is 0 Å². The molecule has 0 radical (unpaired) electrons. The fourth-order valence-corrected chi connectivity index (χ4v) is 4.66. The van der Waals surface area contributed by atoms with Gasteiger partial charge in [-0.3, -0.25) is 0 Å². The smallest absolute Gasteiger partial charge is 0.250 e. The number of hydrogen-bond donors (Lipinski definition) is 3. The van der Waals surface area contributed by atoms with E-state index in [4.69, 9.17) is 5.73 Å². The summed E-state index contributed by atoms with van der Waals surface area (Å²) in [4.78, 5) is 0.797. The molecule has 1 heterocycles. The highest BCUT2D eigenvalue weighted by atomic mass is 32.2. The third kappa shape index (κ3) is 6.71. The summed E-state index contributed by atoms with van der Waals surface area (Å²) in [5.41, 5.74) is 5.12. The van der Waals surface area contributed by atoms with E-state index in [1.54, 1.807) is 26.8 Å². The van der Waals surface area contributed by atoms with Crippen LogP contribution in [0.15, 0.2) is 16.3 Å². The van der Waals surface area contributed by atoms with Crippen molar-refractivity contribution in [3.63, 3.8) is 0 Å². The lowest BCUT2D eigenvalue weighted by atomic mass is 10.1. The molecule has 1 rings (SSSR count). The molecule has 0 atom stereocenters. The summed E-state index contributed by atoms with van der Waals surface area (Å²) in [6, 6.07) is 3.20. The zero-order chi connectivity index (χ0) is 17.0. The van der Waals surface area contributed by atoms with E-state index < -0.39 is 25.6 Å². The number of sulfonamides is 2. The van der Waals surface area contributed by atoms with Gasteiger partial charge in [-0.25, -0.2) is 26.3 Å². The van der Waals surface area contributed by atoms with Gasteiger partial charge in [-0.15, -0.1) is 11.3 Å². The monoisotopic (exact) mass is 369 g/mol. The third-order valence-electron chi connectivity index (χ3n) is 2.69. The number of rotatable bonds is 9. The SMILES string of the molecule is CCS(=O)(=O)NCCc1ccc(S(=O)(=O)NCC(C)(C)N)s1. The third-order valence-corrected chi connectivity index (χ3v) is 7.14. The maximum absolute atomic E-state index is 12.1. The Morgan fingerprint density at radius 1 is 1.18 bits per heavy atom. The maximum atomic E-state index is 12.1. The summed E-state index contributed by atoms with van der Waals surface area (Å²) in [6.07, 6.45) is 0.446. The standard InChI is InChI=1S/C12H23N3O4S3/c1-4-21(16,17)14-8-7-10-5-6-11(20-10)22(18,19)15-9-12(2,3)13/h5-6,14-15H,4,7-9,13H2,1-3H3. The minimum atomic E-state index is -3.58. The van der Waals surface area contributed by atoms with Gasteiger partial charge >= 0.3 is 0 Å². The Bertz CT molecular complexity index is 687. The summed E-state index contributed by atoms with van der Waals surface area (Å²) in [7, 11) is -6.81. The maximum Gasteiger partial charge on any atom is 0.250 e. The quantitative estimate of drug-likeness (QED) is 0.576. The van der Waals surface area contributed by atoms with E-state index >= 15 is 0 Å². The highest BCUT2D eigenvalue weighted by Crippen LogP contribution is 2.21. The predicted octanol–water partition coefficient (Wildman–Crippen LogP) is 0.246. The largest absolute Gasteiger partial charge is 0.324 e. The topological polar surface area (TPSA) is 118 Å². The lowest BCUT2D eigenvalue weighted by molar-refractivity contribution is 0.498. The van der Waals surface area contributed by atoms with Crippen molar-refractivity contribution in [1.82, 2.24) is 9.44 Å². The van der Waals surface area contributed by atoms with Gasteiger partial charge in [0.05, 0.1) is 5.75 Å². The van der Waals surface area contributed by atoms with Gasteiger partial charge in [0, 0.05) is 23.5 Å². The van der Waals surface area contributed by atoms with Crippen molar-refractivity contribution in [3.8, 4) is 0 Å². The minimum Gasteiger partial charge on any atom is -0.324 e. The van der Waals surface area contributed by atoms with Crippen LogP contribution in [0.5, 0.6) is 0 Å². The van der Waals surface area contributed by atoms with Crippen molar-refractivity contribution in [2.24, 2.45) is 5.73 Å². The van der Waals surface area contributed by atoms with Crippen molar-refractivity contribution >= 4 is 31.4 Å². The van der Waals surface area contributed by atoms with E-state index in [1.807, 2.05) is 0 Å². The van der Waals surface area contributed by atoms with Crippen LogP contribution in [0.25, 0.3) is 0 Å². The number of thiophene rings is 1. The Labute approximate surface area is 136 Å². The lowest BCUT2D eigenvalue weighted by Gasteiger charge is -2.18. The van der Waals surface area contributed by atoms with Gasteiger partial charge in [0.1, 0.15) is 4.21 Å². The molecule has 0 bridgehead atoms. The molecule has 0 aliphatic heterocycles. The van der Waals surface area contributed by atoms with Crippen molar-refractivity contribution in [2.75, 3.05) is 18.8 Å². The number of nitrogens with one attached hydrogen (secondary N) is 2. The van der Waals surface area contributed by atoms with Crippen LogP contribution in [0.4, 0.5) is 0 Å². The van der Waals surface area contributed by atoms with Gasteiger partial charge in [0.15, 0.2) is 0 Å². The van der Waals surface area contributed by atoms with Crippen LogP contribution in [-0.4, -0.2) is 41.2 Å². The second kappa shape index (κ2) is 7.37. The van der Waals surface area contributed by atoms with Gasteiger partial charge < -0.3 is 5.73 Å². The Hall–Kier alpha value is -0.520. The van der Waals surface area contributed by atoms with Crippen LogP contribution in [0.1, 0.15) is 25.6 Å². The molecule has 128 valence electrons. The molecule has 0 aliphatic carbocycles. The Kier molecular flexibility index (Phi) is 6.54. The van der Waals surface area contributed by atoms with E-state index in [0.29, 0.717) is 6.42 Å². The van der Waals surface area contributed by atoms with Gasteiger partial charge in [0.2, 0.25) is 20.0 Å². The Morgan fingerprint density at radius 2 is 1.82 bits per heavy atom. The Morgan fingerprint density at radius 3 is 2.36 bits per heavy atom. The summed E-state index contributed by atoms with van der Waals surface area (Å²) in [5.74, 6) is 0.0237. The molecule has 1 aromatic rings. The average Bonchev–Trinajstić information content (AvgIpc) is 2.85. The second-order valence-corrected chi connectivity index (χ2v) is 10.8. The zero-order valence-corrected chi connectivity index (χ0v) is 15.4. The van der Waals surface area contributed by atoms with Crippen LogP contribution in [-0.2, 0) is 26.5 Å². The normalized spacial score (nSPS) is 13.5. The molecule has 0 fully saturated rings. The first-order valence-corrected chi connectivity index (χ1v) is 10.7. The molecular formula is C12H23N3O4S3. The predicted molar refractivity (Wildman–Crippen MR) is 88.9 cm³/mol. The minimum absolute atomic E-state index is 0.0237. The van der Waals surface area contributed by atoms with Crippen LogP contribution in [0.3, 0.4) is 0 Å². The second-order valence-electron chi connectivity index (χ2n) is 5.58. The van der Waals surface area contributed by atoms with Crippen LogP contribution >= 0.6 is 11.3 Å². The molecule has 1 aromatic heterocycles. The first-order chi connectivity index (χ1) is 9.95. The zero-order valence-electron chi connectivity index (χ0n) is 12.9. The fourth-order valence-electron chi connectivity index (χ4n) is 1.42. The van der Waals surface area contributed by atoms with Crippen LogP contribution < -0.4 is 15.2 Å². The van der Waals surface area contributed by atoms with Crippen molar-refractivity contribution in [2.45, 2.75) is 36.9 Å². The molecule has 0 aliphatic rings. The molecule has 10 heteroatoms. The van der Waals surface area contributed by atoms with E-state index in [9.17, 15) is 16.8 Å². The molecule has 0 spiro atoms. The molecule has 0 amide bonds. The van der Waals surface area contributed by atoms with Crippen LogP contribution in [0, 0.1) is 0 Å². The van der Waals surface area contributed by atoms with E-state index in [2.05, 4.69) is 9.44 Å². The van der Waals surface area contributed by atoms with E-state index in [1.165, 1.54) is 6.07 Å². The highest BCUT2D eigenvalue weighted by Gasteiger charge is 2.20. The molecular weight excluding hydrogens is 346 g/mol. The summed E-state index contributed by atoms with van der Waals surface area (Å²) in [6.45, 7) is 5.41. The summed E-state index contributed by atoms with van der Waals surface area (Å²) >= 11 is 1.12. The molecule has 0 unspecified atom stereocenters. The first-order valence-electron chi connectivity index (χ1n) is 6.80. The number of nitrogens with two attached hydrogens (primary N) is 1.